The van der Waals surface area contributed by atoms with Gasteiger partial charge in [0.05, 0.1) is 12.8 Å². The van der Waals surface area contributed by atoms with Crippen LogP contribution in [0.4, 0.5) is 4.79 Å². The minimum absolute atomic E-state index is 0. The zero-order valence-electron chi connectivity index (χ0n) is 16.9. The van der Waals surface area contributed by atoms with Gasteiger partial charge in [-0.2, -0.15) is 0 Å². The number of nitrogens with zero attached hydrogens (tertiary/aromatic N) is 1. The number of carbonyl (C=O) groups excluding carboxylic acids is 1. The maximum absolute atomic E-state index is 11.4. The smallest absolute Gasteiger partial charge is 0.407 e. The summed E-state index contributed by atoms with van der Waals surface area (Å²) in [6.45, 7) is 2.52. The summed E-state index contributed by atoms with van der Waals surface area (Å²) >= 11 is 6.15. The van der Waals surface area contributed by atoms with Gasteiger partial charge < -0.3 is 14.8 Å². The standard InChI is InChI=1S/C23H23ClN2O3.ClH/c1-3-25-23(27)29-15-20-9-7-17(14-26-20)11-16-8-10-22(28-2)21(12-16)18-5-4-6-19(24)13-18;/h4-10,12-14H,3,11,15H2,1-2H3,(H,25,27);1H. The molecular weight excluding hydrogens is 423 g/mol. The highest BCUT2D eigenvalue weighted by Crippen LogP contribution is 2.32. The molecule has 0 aliphatic heterocycles. The van der Waals surface area contributed by atoms with Crippen LogP contribution in [0.5, 0.6) is 5.75 Å². The average Bonchev–Trinajstić information content (AvgIpc) is 2.73. The highest BCUT2D eigenvalue weighted by molar-refractivity contribution is 6.30. The Kier molecular flexibility index (Phi) is 8.96. The highest BCUT2D eigenvalue weighted by atomic mass is 35.5. The molecule has 5 nitrogen and oxygen atoms in total. The first-order chi connectivity index (χ1) is 14.1. The normalized spacial score (nSPS) is 10.1. The van der Waals surface area contributed by atoms with Crippen LogP contribution in [-0.2, 0) is 17.8 Å². The third-order valence-electron chi connectivity index (χ3n) is 4.37. The van der Waals surface area contributed by atoms with Gasteiger partial charge in [-0.25, -0.2) is 4.79 Å². The summed E-state index contributed by atoms with van der Waals surface area (Å²) < 4.78 is 10.6. The highest BCUT2D eigenvalue weighted by Gasteiger charge is 2.09. The van der Waals surface area contributed by atoms with E-state index < -0.39 is 6.09 Å². The molecule has 0 radical (unpaired) electrons. The molecule has 30 heavy (non-hydrogen) atoms. The number of methoxy groups -OCH3 is 1. The number of carbonyl (C=O) groups is 1. The molecule has 1 heterocycles. The molecule has 3 rings (SSSR count). The molecule has 1 aromatic heterocycles. The quantitative estimate of drug-likeness (QED) is 0.507. The summed E-state index contributed by atoms with van der Waals surface area (Å²) in [6, 6.07) is 17.7. The van der Waals surface area contributed by atoms with Crippen molar-refractivity contribution in [1.82, 2.24) is 10.3 Å². The number of aromatic nitrogens is 1. The minimum atomic E-state index is -0.440. The monoisotopic (exact) mass is 446 g/mol. The molecule has 3 aromatic rings. The molecule has 7 heteroatoms. The van der Waals surface area contributed by atoms with Crippen LogP contribution in [0, 0.1) is 0 Å². The summed E-state index contributed by atoms with van der Waals surface area (Å²) in [7, 11) is 1.66. The van der Waals surface area contributed by atoms with Gasteiger partial charge in [0.15, 0.2) is 0 Å². The first kappa shape index (κ1) is 23.5. The van der Waals surface area contributed by atoms with Crippen molar-refractivity contribution >= 4 is 30.1 Å². The van der Waals surface area contributed by atoms with Crippen molar-refractivity contribution in [2.24, 2.45) is 0 Å². The van der Waals surface area contributed by atoms with E-state index in [2.05, 4.69) is 16.4 Å². The fourth-order valence-electron chi connectivity index (χ4n) is 2.96. The van der Waals surface area contributed by atoms with Crippen molar-refractivity contribution in [1.29, 1.82) is 0 Å². The first-order valence-corrected chi connectivity index (χ1v) is 9.74. The van der Waals surface area contributed by atoms with E-state index in [0.717, 1.165) is 34.4 Å². The van der Waals surface area contributed by atoms with Crippen LogP contribution < -0.4 is 10.1 Å². The average molecular weight is 447 g/mol. The van der Waals surface area contributed by atoms with Crippen molar-refractivity contribution in [3.63, 3.8) is 0 Å². The van der Waals surface area contributed by atoms with E-state index in [1.54, 1.807) is 13.3 Å². The van der Waals surface area contributed by atoms with Gasteiger partial charge in [0, 0.05) is 23.3 Å². The Bertz CT molecular complexity index is 978. The molecule has 0 spiro atoms. The van der Waals surface area contributed by atoms with Gasteiger partial charge in [0.25, 0.3) is 0 Å². The number of rotatable bonds is 7. The van der Waals surface area contributed by atoms with Gasteiger partial charge in [-0.1, -0.05) is 35.9 Å². The van der Waals surface area contributed by atoms with E-state index in [4.69, 9.17) is 21.1 Å². The summed E-state index contributed by atoms with van der Waals surface area (Å²) in [5.41, 5.74) is 4.90. The molecule has 158 valence electrons. The number of nitrogens with one attached hydrogen (secondary N) is 1. The van der Waals surface area contributed by atoms with Crippen molar-refractivity contribution in [3.8, 4) is 16.9 Å². The fourth-order valence-corrected chi connectivity index (χ4v) is 3.15. The lowest BCUT2D eigenvalue weighted by Gasteiger charge is -2.12. The zero-order valence-corrected chi connectivity index (χ0v) is 18.4. The lowest BCUT2D eigenvalue weighted by atomic mass is 9.98. The summed E-state index contributed by atoms with van der Waals surface area (Å²) in [4.78, 5) is 15.8. The molecule has 0 aliphatic rings. The second-order valence-electron chi connectivity index (χ2n) is 6.49. The molecule has 0 saturated carbocycles. The van der Waals surface area contributed by atoms with Crippen LogP contribution in [0.1, 0.15) is 23.7 Å². The van der Waals surface area contributed by atoms with Crippen LogP contribution in [0.15, 0.2) is 60.8 Å². The van der Waals surface area contributed by atoms with Crippen molar-refractivity contribution < 1.29 is 14.3 Å². The van der Waals surface area contributed by atoms with Crippen molar-refractivity contribution in [2.75, 3.05) is 13.7 Å². The Morgan fingerprint density at radius 3 is 2.57 bits per heavy atom. The Morgan fingerprint density at radius 1 is 1.10 bits per heavy atom. The van der Waals surface area contributed by atoms with E-state index in [9.17, 15) is 4.79 Å². The van der Waals surface area contributed by atoms with E-state index in [1.807, 2.05) is 55.5 Å². The molecule has 1 amide bonds. The third kappa shape index (κ3) is 6.37. The second-order valence-corrected chi connectivity index (χ2v) is 6.92. The van der Waals surface area contributed by atoms with Crippen LogP contribution in [0.2, 0.25) is 5.02 Å². The van der Waals surface area contributed by atoms with Gasteiger partial charge in [-0.05, 0) is 60.4 Å². The number of alkyl carbamates (subject to hydrolysis) is 1. The molecular formula is C23H24Cl2N2O3. The third-order valence-corrected chi connectivity index (χ3v) is 4.60. The first-order valence-electron chi connectivity index (χ1n) is 9.36. The van der Waals surface area contributed by atoms with Crippen LogP contribution in [0.3, 0.4) is 0 Å². The predicted molar refractivity (Wildman–Crippen MR) is 122 cm³/mol. The number of benzene rings is 2. The number of ether oxygens (including phenoxy) is 2. The second kappa shape index (κ2) is 11.4. The molecule has 2 aromatic carbocycles. The lowest BCUT2D eigenvalue weighted by Crippen LogP contribution is -2.23. The maximum Gasteiger partial charge on any atom is 0.407 e. The van der Waals surface area contributed by atoms with E-state index >= 15 is 0 Å². The Hall–Kier alpha value is -2.76. The molecule has 0 saturated heterocycles. The molecule has 0 aliphatic carbocycles. The molecule has 0 fully saturated rings. The van der Waals surface area contributed by atoms with Crippen LogP contribution >= 0.6 is 24.0 Å². The van der Waals surface area contributed by atoms with Gasteiger partial charge in [-0.15, -0.1) is 12.4 Å². The number of amides is 1. The molecule has 0 atom stereocenters. The van der Waals surface area contributed by atoms with Crippen LogP contribution in [-0.4, -0.2) is 24.7 Å². The van der Waals surface area contributed by atoms with Crippen molar-refractivity contribution in [2.45, 2.75) is 20.0 Å². The number of pyridine rings is 1. The number of hydrogen-bond donors (Lipinski definition) is 1. The van der Waals surface area contributed by atoms with Crippen molar-refractivity contribution in [3.05, 3.63) is 82.6 Å². The summed E-state index contributed by atoms with van der Waals surface area (Å²) in [5, 5.41) is 3.27. The van der Waals surface area contributed by atoms with Gasteiger partial charge in [0.2, 0.25) is 0 Å². The predicted octanol–water partition coefficient (Wildman–Crippen LogP) is 5.67. The van der Waals surface area contributed by atoms with E-state index in [1.165, 1.54) is 0 Å². The Morgan fingerprint density at radius 2 is 1.90 bits per heavy atom. The summed E-state index contributed by atoms with van der Waals surface area (Å²) in [5.74, 6) is 0.798. The molecule has 1 N–H and O–H groups in total. The van der Waals surface area contributed by atoms with Gasteiger partial charge in [0.1, 0.15) is 12.4 Å². The lowest BCUT2D eigenvalue weighted by molar-refractivity contribution is 0.139. The van der Waals surface area contributed by atoms with E-state index in [0.29, 0.717) is 17.3 Å². The topological polar surface area (TPSA) is 60.5 Å². The fraction of sp³-hybridized carbons (Fsp3) is 0.217. The zero-order chi connectivity index (χ0) is 20.6. The Labute approximate surface area is 187 Å². The van der Waals surface area contributed by atoms with Gasteiger partial charge in [-0.3, -0.25) is 4.98 Å². The molecule has 0 unspecified atom stereocenters. The van der Waals surface area contributed by atoms with Crippen LogP contribution in [0.25, 0.3) is 11.1 Å². The number of halogens is 2. The SMILES string of the molecule is CCNC(=O)OCc1ccc(Cc2ccc(OC)c(-c3cccc(Cl)c3)c2)cn1.Cl. The summed E-state index contributed by atoms with van der Waals surface area (Å²) in [6.07, 6.45) is 2.09. The van der Waals surface area contributed by atoms with E-state index in [-0.39, 0.29) is 19.0 Å². The largest absolute Gasteiger partial charge is 0.496 e. The number of hydrogen-bond acceptors (Lipinski definition) is 4. The minimum Gasteiger partial charge on any atom is -0.496 e. The maximum atomic E-state index is 11.4. The molecule has 0 bridgehead atoms. The van der Waals surface area contributed by atoms with Gasteiger partial charge >= 0.3 is 6.09 Å². The Balaban J connectivity index is 0.00000320.